The van der Waals surface area contributed by atoms with E-state index in [0.29, 0.717) is 19.5 Å². The molecule has 0 radical (unpaired) electrons. The highest BCUT2D eigenvalue weighted by molar-refractivity contribution is 5.88. The number of amides is 2. The van der Waals surface area contributed by atoms with Crippen LogP contribution in [0.15, 0.2) is 54.6 Å². The van der Waals surface area contributed by atoms with Crippen LogP contribution in [0.3, 0.4) is 0 Å². The van der Waals surface area contributed by atoms with Gasteiger partial charge in [-0.1, -0.05) is 49.4 Å². The molecule has 0 aliphatic heterocycles. The minimum atomic E-state index is -0.311. The Hall–Kier alpha value is -2.69. The van der Waals surface area contributed by atoms with Crippen LogP contribution in [-0.4, -0.2) is 29.8 Å². The second-order valence-electron chi connectivity index (χ2n) is 6.13. The SMILES string of the molecule is CCC(C(=O)N(CC)CC(=O)NCc1ccc(F)cc1)c1ccccc1. The molecule has 0 aliphatic rings. The number of likely N-dealkylation sites (N-methyl/N-ethyl adjacent to an activating group) is 1. The van der Waals surface area contributed by atoms with Gasteiger partial charge >= 0.3 is 0 Å². The summed E-state index contributed by atoms with van der Waals surface area (Å²) in [5.41, 5.74) is 1.77. The maximum Gasteiger partial charge on any atom is 0.239 e. The lowest BCUT2D eigenvalue weighted by Gasteiger charge is -2.25. The van der Waals surface area contributed by atoms with Crippen molar-refractivity contribution < 1.29 is 14.0 Å². The van der Waals surface area contributed by atoms with E-state index in [0.717, 1.165) is 11.1 Å². The Morgan fingerprint density at radius 1 is 1.04 bits per heavy atom. The molecule has 0 fully saturated rings. The number of carbonyl (C=O) groups excluding carboxylic acids is 2. The maximum atomic E-state index is 12.9. The van der Waals surface area contributed by atoms with E-state index in [-0.39, 0.29) is 30.1 Å². The molecule has 0 aliphatic carbocycles. The minimum absolute atomic E-state index is 0.0138. The van der Waals surface area contributed by atoms with Crippen molar-refractivity contribution in [2.45, 2.75) is 32.7 Å². The van der Waals surface area contributed by atoms with Gasteiger partial charge in [-0.15, -0.1) is 0 Å². The second-order valence-corrected chi connectivity index (χ2v) is 6.13. The van der Waals surface area contributed by atoms with Crippen molar-refractivity contribution in [3.8, 4) is 0 Å². The molecule has 2 aromatic carbocycles. The lowest BCUT2D eigenvalue weighted by atomic mass is 9.95. The molecule has 5 heteroatoms. The third-order valence-electron chi connectivity index (χ3n) is 4.34. The van der Waals surface area contributed by atoms with Crippen LogP contribution in [-0.2, 0) is 16.1 Å². The maximum absolute atomic E-state index is 12.9. The van der Waals surface area contributed by atoms with E-state index >= 15 is 0 Å². The van der Waals surface area contributed by atoms with Gasteiger partial charge < -0.3 is 10.2 Å². The molecule has 0 saturated carbocycles. The van der Waals surface area contributed by atoms with Crippen LogP contribution in [0.4, 0.5) is 4.39 Å². The van der Waals surface area contributed by atoms with Gasteiger partial charge in [0.1, 0.15) is 5.82 Å². The van der Waals surface area contributed by atoms with Crippen LogP contribution >= 0.6 is 0 Å². The second kappa shape index (κ2) is 9.70. The van der Waals surface area contributed by atoms with Crippen molar-refractivity contribution in [1.29, 1.82) is 0 Å². The molecule has 0 saturated heterocycles. The van der Waals surface area contributed by atoms with E-state index in [9.17, 15) is 14.0 Å². The molecule has 26 heavy (non-hydrogen) atoms. The third kappa shape index (κ3) is 5.41. The van der Waals surface area contributed by atoms with Gasteiger partial charge in [-0.05, 0) is 36.6 Å². The van der Waals surface area contributed by atoms with Crippen molar-refractivity contribution in [3.05, 3.63) is 71.5 Å². The van der Waals surface area contributed by atoms with E-state index in [2.05, 4.69) is 5.32 Å². The fraction of sp³-hybridized carbons (Fsp3) is 0.333. The summed E-state index contributed by atoms with van der Waals surface area (Å²) >= 11 is 0. The standard InChI is InChI=1S/C21H25FN2O2/c1-3-19(17-8-6-5-7-9-17)21(26)24(4-2)15-20(25)23-14-16-10-12-18(22)13-11-16/h5-13,19H,3-4,14-15H2,1-2H3,(H,23,25). The van der Waals surface area contributed by atoms with E-state index in [1.165, 1.54) is 12.1 Å². The van der Waals surface area contributed by atoms with Crippen LogP contribution in [0, 0.1) is 5.82 Å². The zero-order chi connectivity index (χ0) is 18.9. The van der Waals surface area contributed by atoms with Gasteiger partial charge in [0.15, 0.2) is 0 Å². The van der Waals surface area contributed by atoms with Crippen molar-refractivity contribution in [2.75, 3.05) is 13.1 Å². The molecule has 2 amide bonds. The number of hydrogen-bond donors (Lipinski definition) is 1. The fourth-order valence-corrected chi connectivity index (χ4v) is 2.84. The summed E-state index contributed by atoms with van der Waals surface area (Å²) in [5.74, 6) is -0.832. The molecule has 0 aromatic heterocycles. The first-order valence-corrected chi connectivity index (χ1v) is 8.90. The van der Waals surface area contributed by atoms with E-state index in [4.69, 9.17) is 0 Å². The number of hydrogen-bond acceptors (Lipinski definition) is 2. The largest absolute Gasteiger partial charge is 0.350 e. The first-order valence-electron chi connectivity index (χ1n) is 8.90. The summed E-state index contributed by atoms with van der Waals surface area (Å²) in [6, 6.07) is 15.6. The van der Waals surface area contributed by atoms with Crippen molar-refractivity contribution in [3.63, 3.8) is 0 Å². The predicted molar refractivity (Wildman–Crippen MR) is 100.0 cm³/mol. The Bertz CT molecular complexity index is 717. The molecule has 1 unspecified atom stereocenters. The highest BCUT2D eigenvalue weighted by Crippen LogP contribution is 2.21. The van der Waals surface area contributed by atoms with Crippen molar-refractivity contribution in [2.24, 2.45) is 0 Å². The van der Waals surface area contributed by atoms with Gasteiger partial charge in [0.05, 0.1) is 12.5 Å². The van der Waals surface area contributed by atoms with Crippen LogP contribution in [0.25, 0.3) is 0 Å². The molecular weight excluding hydrogens is 331 g/mol. The van der Waals surface area contributed by atoms with Gasteiger partial charge in [0.2, 0.25) is 11.8 Å². The molecule has 2 aromatic rings. The lowest BCUT2D eigenvalue weighted by Crippen LogP contribution is -2.42. The number of benzene rings is 2. The summed E-state index contributed by atoms with van der Waals surface area (Å²) < 4.78 is 12.9. The molecule has 138 valence electrons. The smallest absolute Gasteiger partial charge is 0.239 e. The minimum Gasteiger partial charge on any atom is -0.350 e. The number of carbonyl (C=O) groups is 2. The van der Waals surface area contributed by atoms with Crippen molar-refractivity contribution in [1.82, 2.24) is 10.2 Å². The van der Waals surface area contributed by atoms with Crippen LogP contribution in [0.5, 0.6) is 0 Å². The zero-order valence-corrected chi connectivity index (χ0v) is 15.2. The molecule has 1 N–H and O–H groups in total. The Kier molecular flexibility index (Phi) is 7.33. The first-order chi connectivity index (χ1) is 12.5. The monoisotopic (exact) mass is 356 g/mol. The number of rotatable bonds is 8. The average Bonchev–Trinajstić information content (AvgIpc) is 2.67. The fourth-order valence-electron chi connectivity index (χ4n) is 2.84. The average molecular weight is 356 g/mol. The van der Waals surface area contributed by atoms with Gasteiger partial charge in [-0.2, -0.15) is 0 Å². The van der Waals surface area contributed by atoms with Crippen LogP contribution in [0.2, 0.25) is 0 Å². The van der Waals surface area contributed by atoms with Gasteiger partial charge in [0, 0.05) is 13.1 Å². The van der Waals surface area contributed by atoms with Crippen LogP contribution < -0.4 is 5.32 Å². The molecule has 0 heterocycles. The van der Waals surface area contributed by atoms with Crippen LogP contribution in [0.1, 0.15) is 37.3 Å². The topological polar surface area (TPSA) is 49.4 Å². The van der Waals surface area contributed by atoms with E-state index < -0.39 is 0 Å². The van der Waals surface area contributed by atoms with Gasteiger partial charge in [-0.25, -0.2) is 4.39 Å². The normalized spacial score (nSPS) is 11.7. The van der Waals surface area contributed by atoms with Gasteiger partial charge in [0.25, 0.3) is 0 Å². The predicted octanol–water partition coefficient (Wildman–Crippen LogP) is 3.48. The third-order valence-corrected chi connectivity index (χ3v) is 4.34. The number of halogens is 1. The lowest BCUT2D eigenvalue weighted by molar-refractivity contribution is -0.137. The Balaban J connectivity index is 1.95. The van der Waals surface area contributed by atoms with E-state index in [1.807, 2.05) is 44.2 Å². The van der Waals surface area contributed by atoms with E-state index in [1.54, 1.807) is 17.0 Å². The number of nitrogens with zero attached hydrogens (tertiary/aromatic N) is 1. The molecule has 1 atom stereocenters. The molecule has 4 nitrogen and oxygen atoms in total. The Morgan fingerprint density at radius 3 is 2.27 bits per heavy atom. The molecule has 0 bridgehead atoms. The zero-order valence-electron chi connectivity index (χ0n) is 15.2. The summed E-state index contributed by atoms with van der Waals surface area (Å²) in [6.45, 7) is 4.62. The Labute approximate surface area is 154 Å². The molecular formula is C21H25FN2O2. The summed E-state index contributed by atoms with van der Waals surface area (Å²) in [7, 11) is 0. The summed E-state index contributed by atoms with van der Waals surface area (Å²) in [6.07, 6.45) is 0.677. The number of nitrogens with one attached hydrogen (secondary N) is 1. The highest BCUT2D eigenvalue weighted by atomic mass is 19.1. The summed E-state index contributed by atoms with van der Waals surface area (Å²) in [5, 5.41) is 2.78. The van der Waals surface area contributed by atoms with Crippen molar-refractivity contribution >= 4 is 11.8 Å². The Morgan fingerprint density at radius 2 is 1.69 bits per heavy atom. The first kappa shape index (κ1) is 19.6. The molecule has 2 rings (SSSR count). The molecule has 0 spiro atoms. The van der Waals surface area contributed by atoms with Gasteiger partial charge in [-0.3, -0.25) is 9.59 Å². The summed E-state index contributed by atoms with van der Waals surface area (Å²) in [4.78, 5) is 26.7. The quantitative estimate of drug-likeness (QED) is 0.787. The highest BCUT2D eigenvalue weighted by Gasteiger charge is 2.24.